The average molecular weight is 266 g/mol. The van der Waals surface area contributed by atoms with Crippen molar-refractivity contribution in [3.63, 3.8) is 0 Å². The molecule has 0 aliphatic heterocycles. The van der Waals surface area contributed by atoms with E-state index in [0.717, 1.165) is 32.1 Å². The first-order chi connectivity index (χ1) is 9.19. The van der Waals surface area contributed by atoms with E-state index < -0.39 is 0 Å². The van der Waals surface area contributed by atoms with Crippen LogP contribution < -0.4 is 10.6 Å². The number of hydrogen-bond acceptors (Lipinski definition) is 3. The van der Waals surface area contributed by atoms with Gasteiger partial charge in [-0.2, -0.15) is 0 Å². The Balaban J connectivity index is 1.64. The van der Waals surface area contributed by atoms with E-state index in [-0.39, 0.29) is 42.8 Å². The predicted octanol–water partition coefficient (Wildman–Crippen LogP) is 0.346. The fraction of sp³-hybridized carbons (Fsp3) is 0.714. The Hall–Kier alpha value is -1.36. The van der Waals surface area contributed by atoms with E-state index in [1.165, 1.54) is 0 Å². The standard InChI is InChI=1S/C14H22N2O3/c17-9-10-5-6-12(7-10)16-13(18)8-15-14(19)11-3-1-2-4-11/h5-6,10-12,17H,1-4,7-9H2,(H,15,19)(H,16,18)/t10-,12+/m0/s1. The highest BCUT2D eigenvalue weighted by atomic mass is 16.3. The predicted molar refractivity (Wildman–Crippen MR) is 71.2 cm³/mol. The lowest BCUT2D eigenvalue weighted by molar-refractivity contribution is -0.128. The molecule has 1 fully saturated rings. The third-order valence-electron chi connectivity index (χ3n) is 3.90. The molecule has 106 valence electrons. The van der Waals surface area contributed by atoms with Crippen LogP contribution in [-0.2, 0) is 9.59 Å². The molecule has 0 aromatic rings. The van der Waals surface area contributed by atoms with Crippen LogP contribution in [0.3, 0.4) is 0 Å². The van der Waals surface area contributed by atoms with Crippen molar-refractivity contribution < 1.29 is 14.7 Å². The minimum atomic E-state index is -0.167. The van der Waals surface area contributed by atoms with Crippen molar-refractivity contribution in [1.29, 1.82) is 0 Å². The van der Waals surface area contributed by atoms with Gasteiger partial charge in [0.2, 0.25) is 11.8 Å². The molecule has 0 heterocycles. The summed E-state index contributed by atoms with van der Waals surface area (Å²) in [5, 5.41) is 14.5. The summed E-state index contributed by atoms with van der Waals surface area (Å²) in [6.45, 7) is 0.157. The number of carbonyl (C=O) groups excluding carboxylic acids is 2. The van der Waals surface area contributed by atoms with Crippen LogP contribution in [0, 0.1) is 11.8 Å². The summed E-state index contributed by atoms with van der Waals surface area (Å²) in [6, 6.07) is -0.0203. The highest BCUT2D eigenvalue weighted by molar-refractivity contribution is 5.86. The SMILES string of the molecule is O=C(CNC(=O)C1CCCC1)N[C@@H]1C=C[C@H](CO)C1. The summed E-state index contributed by atoms with van der Waals surface area (Å²) in [5.41, 5.74) is 0. The molecule has 5 nitrogen and oxygen atoms in total. The van der Waals surface area contributed by atoms with Gasteiger partial charge in [0.1, 0.15) is 0 Å². The number of aliphatic hydroxyl groups is 1. The van der Waals surface area contributed by atoms with Crippen LogP contribution in [0.1, 0.15) is 32.1 Å². The number of nitrogens with one attached hydrogen (secondary N) is 2. The van der Waals surface area contributed by atoms with Crippen LogP contribution in [0.5, 0.6) is 0 Å². The molecule has 0 spiro atoms. The maximum Gasteiger partial charge on any atom is 0.239 e. The molecule has 0 aromatic carbocycles. The van der Waals surface area contributed by atoms with Crippen LogP contribution in [0.2, 0.25) is 0 Å². The van der Waals surface area contributed by atoms with Gasteiger partial charge in [-0.15, -0.1) is 0 Å². The van der Waals surface area contributed by atoms with Crippen molar-refractivity contribution in [3.05, 3.63) is 12.2 Å². The third kappa shape index (κ3) is 4.06. The smallest absolute Gasteiger partial charge is 0.239 e. The highest BCUT2D eigenvalue weighted by Gasteiger charge is 2.23. The maximum absolute atomic E-state index is 11.7. The lowest BCUT2D eigenvalue weighted by Crippen LogP contribution is -2.42. The molecule has 19 heavy (non-hydrogen) atoms. The van der Waals surface area contributed by atoms with Gasteiger partial charge >= 0.3 is 0 Å². The summed E-state index contributed by atoms with van der Waals surface area (Å²) in [5.74, 6) is 0.0683. The fourth-order valence-electron chi connectivity index (χ4n) is 2.77. The quantitative estimate of drug-likeness (QED) is 0.628. The molecule has 2 amide bonds. The molecular weight excluding hydrogens is 244 g/mol. The monoisotopic (exact) mass is 266 g/mol. The van der Waals surface area contributed by atoms with Crippen LogP contribution >= 0.6 is 0 Å². The molecule has 5 heteroatoms. The fourth-order valence-corrected chi connectivity index (χ4v) is 2.77. The minimum absolute atomic E-state index is 0.00264. The summed E-state index contributed by atoms with van der Waals surface area (Å²) in [7, 11) is 0. The molecule has 0 bridgehead atoms. The van der Waals surface area contributed by atoms with Gasteiger partial charge < -0.3 is 15.7 Å². The van der Waals surface area contributed by atoms with Crippen molar-refractivity contribution in [2.45, 2.75) is 38.1 Å². The molecular formula is C14H22N2O3. The van der Waals surface area contributed by atoms with Gasteiger partial charge in [-0.25, -0.2) is 0 Å². The Bertz CT molecular complexity index is 362. The molecule has 0 radical (unpaired) electrons. The van der Waals surface area contributed by atoms with Crippen LogP contribution in [0.4, 0.5) is 0 Å². The van der Waals surface area contributed by atoms with Crippen LogP contribution in [-0.4, -0.2) is 36.1 Å². The first kappa shape index (κ1) is 14.1. The Labute approximate surface area is 113 Å². The summed E-state index contributed by atoms with van der Waals surface area (Å²) >= 11 is 0. The van der Waals surface area contributed by atoms with Crippen molar-refractivity contribution in [3.8, 4) is 0 Å². The second kappa shape index (κ2) is 6.70. The summed E-state index contributed by atoms with van der Waals surface area (Å²) in [6.07, 6.45) is 8.66. The third-order valence-corrected chi connectivity index (χ3v) is 3.90. The van der Waals surface area contributed by atoms with Crippen molar-refractivity contribution in [2.24, 2.45) is 11.8 Å². The lowest BCUT2D eigenvalue weighted by Gasteiger charge is -2.14. The van der Waals surface area contributed by atoms with E-state index in [9.17, 15) is 9.59 Å². The molecule has 0 saturated heterocycles. The number of carbonyl (C=O) groups is 2. The van der Waals surface area contributed by atoms with E-state index in [1.807, 2.05) is 12.2 Å². The van der Waals surface area contributed by atoms with E-state index in [4.69, 9.17) is 5.11 Å². The first-order valence-corrected chi connectivity index (χ1v) is 7.05. The number of aliphatic hydroxyl groups excluding tert-OH is 1. The topological polar surface area (TPSA) is 78.4 Å². The number of hydrogen-bond donors (Lipinski definition) is 3. The molecule has 1 saturated carbocycles. The van der Waals surface area contributed by atoms with Gasteiger partial charge in [0.25, 0.3) is 0 Å². The molecule has 0 unspecified atom stereocenters. The second-order valence-corrected chi connectivity index (χ2v) is 5.44. The van der Waals surface area contributed by atoms with Gasteiger partial charge in [0.05, 0.1) is 6.54 Å². The van der Waals surface area contributed by atoms with Crippen molar-refractivity contribution >= 4 is 11.8 Å². The Morgan fingerprint density at radius 2 is 1.95 bits per heavy atom. The van der Waals surface area contributed by atoms with E-state index in [1.54, 1.807) is 0 Å². The first-order valence-electron chi connectivity index (χ1n) is 7.05. The zero-order valence-electron chi connectivity index (χ0n) is 11.1. The van der Waals surface area contributed by atoms with E-state index in [2.05, 4.69) is 10.6 Å². The Morgan fingerprint density at radius 3 is 2.58 bits per heavy atom. The van der Waals surface area contributed by atoms with Crippen LogP contribution in [0.25, 0.3) is 0 Å². The van der Waals surface area contributed by atoms with Gasteiger partial charge in [-0.05, 0) is 19.3 Å². The summed E-state index contributed by atoms with van der Waals surface area (Å²) < 4.78 is 0. The normalized spacial score (nSPS) is 26.6. The number of rotatable bonds is 5. The largest absolute Gasteiger partial charge is 0.396 e. The van der Waals surface area contributed by atoms with E-state index >= 15 is 0 Å². The van der Waals surface area contributed by atoms with Gasteiger partial charge in [0.15, 0.2) is 0 Å². The highest BCUT2D eigenvalue weighted by Crippen LogP contribution is 2.24. The molecule has 2 rings (SSSR count). The zero-order chi connectivity index (χ0) is 13.7. The van der Waals surface area contributed by atoms with Gasteiger partial charge in [-0.1, -0.05) is 25.0 Å². The van der Waals surface area contributed by atoms with E-state index in [0.29, 0.717) is 0 Å². The Kier molecular flexibility index (Phi) is 4.96. The van der Waals surface area contributed by atoms with Gasteiger partial charge in [0, 0.05) is 24.5 Å². The average Bonchev–Trinajstić information content (AvgIpc) is 3.06. The number of amides is 2. The van der Waals surface area contributed by atoms with Crippen molar-refractivity contribution in [2.75, 3.05) is 13.2 Å². The molecule has 2 aliphatic carbocycles. The molecule has 2 atom stereocenters. The molecule has 2 aliphatic rings. The maximum atomic E-state index is 11.7. The Morgan fingerprint density at radius 1 is 1.21 bits per heavy atom. The molecule has 0 aromatic heterocycles. The van der Waals surface area contributed by atoms with Crippen LogP contribution in [0.15, 0.2) is 12.2 Å². The summed E-state index contributed by atoms with van der Waals surface area (Å²) in [4.78, 5) is 23.4. The molecule has 3 N–H and O–H groups in total. The second-order valence-electron chi connectivity index (χ2n) is 5.44. The van der Waals surface area contributed by atoms with Gasteiger partial charge in [-0.3, -0.25) is 9.59 Å². The zero-order valence-corrected chi connectivity index (χ0v) is 11.1. The minimum Gasteiger partial charge on any atom is -0.396 e. The van der Waals surface area contributed by atoms with Crippen molar-refractivity contribution in [1.82, 2.24) is 10.6 Å². The lowest BCUT2D eigenvalue weighted by atomic mass is 10.1.